The van der Waals surface area contributed by atoms with Gasteiger partial charge in [0.25, 0.3) is 5.91 Å². The summed E-state index contributed by atoms with van der Waals surface area (Å²) in [6.45, 7) is 3.02. The second-order valence-electron chi connectivity index (χ2n) is 6.72. The minimum Gasteiger partial charge on any atom is -0.338 e. The predicted octanol–water partition coefficient (Wildman–Crippen LogP) is 3.35. The number of nitrogens with zero attached hydrogens (tertiary/aromatic N) is 3. The highest BCUT2D eigenvalue weighted by atomic mass is 16.2. The lowest BCUT2D eigenvalue weighted by Crippen LogP contribution is -2.30. The lowest BCUT2D eigenvalue weighted by Gasteiger charge is -2.23. The van der Waals surface area contributed by atoms with Crippen LogP contribution in [0.25, 0.3) is 0 Å². The molecule has 6 nitrogen and oxygen atoms in total. The van der Waals surface area contributed by atoms with Gasteiger partial charge in [0.1, 0.15) is 5.82 Å². The second-order valence-corrected chi connectivity index (χ2v) is 6.72. The number of carbonyl (C=O) groups is 1. The largest absolute Gasteiger partial charge is 0.338 e. The fraction of sp³-hybridized carbons (Fsp3) is 0.238. The molecular formula is C21H23N5O. The Labute approximate surface area is 158 Å². The molecular weight excluding hydrogens is 338 g/mol. The number of aryl methyl sites for hydroxylation is 2. The maximum absolute atomic E-state index is 13.4. The molecule has 0 saturated heterocycles. The van der Waals surface area contributed by atoms with Crippen LogP contribution in [0.15, 0.2) is 48.7 Å². The quantitative estimate of drug-likeness (QED) is 0.750. The maximum Gasteiger partial charge on any atom is 0.258 e. The average Bonchev–Trinajstić information content (AvgIpc) is 2.95. The number of aromatic nitrogens is 2. The summed E-state index contributed by atoms with van der Waals surface area (Å²) in [5, 5.41) is 7.75. The lowest BCUT2D eigenvalue weighted by atomic mass is 10.0. The van der Waals surface area contributed by atoms with Crippen LogP contribution in [-0.2, 0) is 26.6 Å². The third kappa shape index (κ3) is 2.98. The van der Waals surface area contributed by atoms with Gasteiger partial charge >= 0.3 is 0 Å². The first-order valence-corrected chi connectivity index (χ1v) is 9.13. The van der Waals surface area contributed by atoms with Crippen molar-refractivity contribution in [1.29, 1.82) is 0 Å². The van der Waals surface area contributed by atoms with E-state index in [9.17, 15) is 4.79 Å². The zero-order valence-corrected chi connectivity index (χ0v) is 15.6. The van der Waals surface area contributed by atoms with E-state index in [0.29, 0.717) is 18.7 Å². The van der Waals surface area contributed by atoms with Gasteiger partial charge in [-0.2, -0.15) is 5.10 Å². The van der Waals surface area contributed by atoms with Gasteiger partial charge in [0, 0.05) is 24.7 Å². The Morgan fingerprint density at radius 1 is 1.22 bits per heavy atom. The summed E-state index contributed by atoms with van der Waals surface area (Å²) in [6.07, 6.45) is 2.65. The molecule has 0 unspecified atom stereocenters. The number of benzene rings is 2. The number of carbonyl (C=O) groups excluding carboxylic acids is 1. The monoisotopic (exact) mass is 361 g/mol. The van der Waals surface area contributed by atoms with E-state index in [1.54, 1.807) is 4.68 Å². The number of rotatable bonds is 3. The molecule has 3 N–H and O–H groups in total. The lowest BCUT2D eigenvalue weighted by molar-refractivity contribution is 0.0985. The smallest absolute Gasteiger partial charge is 0.258 e. The Kier molecular flexibility index (Phi) is 4.41. The molecule has 0 saturated carbocycles. The number of anilines is 3. The Hall–Kier alpha value is -3.12. The minimum absolute atomic E-state index is 0.0285. The fourth-order valence-electron chi connectivity index (χ4n) is 3.58. The van der Waals surface area contributed by atoms with Gasteiger partial charge in [-0.15, -0.1) is 0 Å². The van der Waals surface area contributed by atoms with Crippen molar-refractivity contribution in [3.05, 3.63) is 70.9 Å². The van der Waals surface area contributed by atoms with Crippen LogP contribution < -0.4 is 16.0 Å². The fourth-order valence-corrected chi connectivity index (χ4v) is 3.58. The van der Waals surface area contributed by atoms with Crippen molar-refractivity contribution < 1.29 is 4.79 Å². The zero-order valence-electron chi connectivity index (χ0n) is 15.6. The summed E-state index contributed by atoms with van der Waals surface area (Å²) < 4.78 is 1.80. The molecule has 0 spiro atoms. The highest BCUT2D eigenvalue weighted by Crippen LogP contribution is 2.36. The molecule has 2 heterocycles. The van der Waals surface area contributed by atoms with E-state index in [1.807, 2.05) is 60.6 Å². The summed E-state index contributed by atoms with van der Waals surface area (Å²) in [5.41, 5.74) is 11.4. The molecule has 4 rings (SSSR count). The Bertz CT molecular complexity index is 1010. The van der Waals surface area contributed by atoms with Gasteiger partial charge in [-0.3, -0.25) is 9.48 Å². The third-order valence-corrected chi connectivity index (χ3v) is 5.09. The molecule has 138 valence electrons. The predicted molar refractivity (Wildman–Crippen MR) is 107 cm³/mol. The highest BCUT2D eigenvalue weighted by molar-refractivity contribution is 6.08. The topological polar surface area (TPSA) is 76.2 Å². The molecule has 0 radical (unpaired) electrons. The second kappa shape index (κ2) is 6.89. The molecule has 1 aromatic heterocycles. The van der Waals surface area contributed by atoms with Gasteiger partial charge in [0.15, 0.2) is 0 Å². The molecule has 6 heteroatoms. The van der Waals surface area contributed by atoms with Crippen LogP contribution in [0, 0.1) is 0 Å². The molecule has 0 bridgehead atoms. The van der Waals surface area contributed by atoms with Gasteiger partial charge < -0.3 is 16.0 Å². The van der Waals surface area contributed by atoms with Crippen molar-refractivity contribution in [2.24, 2.45) is 12.8 Å². The zero-order chi connectivity index (χ0) is 19.0. The number of nitrogens with one attached hydrogen (secondary N) is 1. The third-order valence-electron chi connectivity index (χ3n) is 5.09. The van der Waals surface area contributed by atoms with Crippen molar-refractivity contribution in [1.82, 2.24) is 9.78 Å². The van der Waals surface area contributed by atoms with Crippen LogP contribution in [0.5, 0.6) is 0 Å². The molecule has 1 aliphatic heterocycles. The first-order chi connectivity index (χ1) is 13.1. The number of para-hydroxylation sites is 2. The molecule has 0 atom stereocenters. The van der Waals surface area contributed by atoms with Gasteiger partial charge in [-0.05, 0) is 41.8 Å². The first-order valence-electron chi connectivity index (χ1n) is 9.13. The van der Waals surface area contributed by atoms with E-state index in [0.717, 1.165) is 40.3 Å². The Morgan fingerprint density at radius 3 is 2.81 bits per heavy atom. The summed E-state index contributed by atoms with van der Waals surface area (Å²) in [4.78, 5) is 15.3. The van der Waals surface area contributed by atoms with E-state index in [4.69, 9.17) is 5.73 Å². The van der Waals surface area contributed by atoms with Crippen LogP contribution in [0.2, 0.25) is 0 Å². The van der Waals surface area contributed by atoms with E-state index >= 15 is 0 Å². The van der Waals surface area contributed by atoms with Crippen molar-refractivity contribution in [2.75, 3.05) is 10.2 Å². The van der Waals surface area contributed by atoms with Crippen molar-refractivity contribution in [3.8, 4) is 0 Å². The number of hydrogen-bond acceptors (Lipinski definition) is 4. The number of nitrogens with two attached hydrogens (primary N) is 1. The number of hydrogen-bond donors (Lipinski definition) is 2. The molecule has 3 aromatic rings. The number of amides is 1. The Morgan fingerprint density at radius 2 is 2.04 bits per heavy atom. The normalized spacial score (nSPS) is 12.8. The first kappa shape index (κ1) is 17.3. The summed E-state index contributed by atoms with van der Waals surface area (Å²) in [5.74, 6) is 0.879. The summed E-state index contributed by atoms with van der Waals surface area (Å²) in [6, 6.07) is 13.7. The standard InChI is InChI=1S/C21H23N5O/c1-3-14-10-15(8-9-16(14)11-22)21(27)26-13-17-12-23-25(2)20(17)24-18-6-4-5-7-19(18)26/h4-10,12,24H,3,11,13,22H2,1-2H3. The van der Waals surface area contributed by atoms with Gasteiger partial charge in [-0.25, -0.2) is 0 Å². The maximum atomic E-state index is 13.4. The van der Waals surface area contributed by atoms with Crippen LogP contribution >= 0.6 is 0 Å². The minimum atomic E-state index is -0.0285. The average molecular weight is 361 g/mol. The van der Waals surface area contributed by atoms with Crippen LogP contribution in [0.3, 0.4) is 0 Å². The SMILES string of the molecule is CCc1cc(C(=O)N2Cc3cnn(C)c3Nc3ccccc32)ccc1CN. The van der Waals surface area contributed by atoms with Gasteiger partial charge in [-0.1, -0.05) is 25.1 Å². The van der Waals surface area contributed by atoms with Crippen molar-refractivity contribution >= 4 is 23.1 Å². The van der Waals surface area contributed by atoms with Crippen LogP contribution in [-0.4, -0.2) is 15.7 Å². The molecule has 0 aliphatic carbocycles. The molecule has 1 amide bonds. The Balaban J connectivity index is 1.79. The van der Waals surface area contributed by atoms with Crippen molar-refractivity contribution in [3.63, 3.8) is 0 Å². The summed E-state index contributed by atoms with van der Waals surface area (Å²) in [7, 11) is 1.89. The summed E-state index contributed by atoms with van der Waals surface area (Å²) >= 11 is 0. The molecule has 1 aliphatic rings. The van der Waals surface area contributed by atoms with Crippen LogP contribution in [0.1, 0.15) is 34.0 Å². The van der Waals surface area contributed by atoms with E-state index < -0.39 is 0 Å². The van der Waals surface area contributed by atoms with Crippen LogP contribution in [0.4, 0.5) is 17.2 Å². The molecule has 27 heavy (non-hydrogen) atoms. The van der Waals surface area contributed by atoms with E-state index in [-0.39, 0.29) is 5.91 Å². The van der Waals surface area contributed by atoms with Crippen molar-refractivity contribution in [2.45, 2.75) is 26.4 Å². The van der Waals surface area contributed by atoms with E-state index in [1.165, 1.54) is 0 Å². The van der Waals surface area contributed by atoms with E-state index in [2.05, 4.69) is 17.3 Å². The molecule has 2 aromatic carbocycles. The van der Waals surface area contributed by atoms with Gasteiger partial charge in [0.05, 0.1) is 24.1 Å². The molecule has 0 fully saturated rings. The number of fused-ring (bicyclic) bond motifs is 2. The van der Waals surface area contributed by atoms with Gasteiger partial charge in [0.2, 0.25) is 0 Å². The highest BCUT2D eigenvalue weighted by Gasteiger charge is 2.26.